The largest absolute Gasteiger partial charge is 0.491 e. The highest BCUT2D eigenvalue weighted by molar-refractivity contribution is 5.28. The maximum atomic E-state index is 8.70. The van der Waals surface area contributed by atoms with Crippen LogP contribution in [0.15, 0.2) is 48.5 Å². The molecule has 0 bridgehead atoms. The number of nitrogens with zero attached hydrogens (tertiary/aromatic N) is 1. The molecular formula is C35H57N2O8+. The Labute approximate surface area is 269 Å². The van der Waals surface area contributed by atoms with E-state index in [-0.39, 0.29) is 13.2 Å². The normalized spacial score (nSPS) is 16.1. The van der Waals surface area contributed by atoms with Crippen molar-refractivity contribution in [1.29, 1.82) is 0 Å². The van der Waals surface area contributed by atoms with E-state index in [1.165, 1.54) is 24.1 Å². The van der Waals surface area contributed by atoms with Gasteiger partial charge in [-0.25, -0.2) is 0 Å². The Morgan fingerprint density at radius 1 is 0.600 bits per heavy atom. The molecular weight excluding hydrogens is 576 g/mol. The number of likely N-dealkylation sites (tertiary alicyclic amines) is 1. The van der Waals surface area contributed by atoms with Gasteiger partial charge >= 0.3 is 0 Å². The zero-order valence-electron chi connectivity index (χ0n) is 27.1. The van der Waals surface area contributed by atoms with Gasteiger partial charge in [-0.2, -0.15) is 0 Å². The Hall–Kier alpha value is -2.28. The van der Waals surface area contributed by atoms with Gasteiger partial charge < -0.3 is 48.9 Å². The molecule has 0 spiro atoms. The number of aliphatic hydroxyl groups excluding tert-OH is 2. The van der Waals surface area contributed by atoms with Gasteiger partial charge in [-0.15, -0.1) is 0 Å². The summed E-state index contributed by atoms with van der Waals surface area (Å²) in [6.07, 6.45) is 6.73. The number of aliphatic hydroxyl groups is 2. The number of nitrogens with two attached hydrogens (primary N) is 1. The minimum atomic E-state index is 0.0325. The average molecular weight is 634 g/mol. The van der Waals surface area contributed by atoms with Crippen LogP contribution in [0.25, 0.3) is 0 Å². The first-order valence-electron chi connectivity index (χ1n) is 16.7. The van der Waals surface area contributed by atoms with Gasteiger partial charge in [0.05, 0.1) is 98.3 Å². The molecule has 0 amide bonds. The van der Waals surface area contributed by atoms with Crippen LogP contribution in [-0.4, -0.2) is 126 Å². The smallest absolute Gasteiger partial charge is 0.119 e. The molecule has 1 aliphatic rings. The minimum absolute atomic E-state index is 0.0325. The number of ether oxygens (including phenoxy) is 6. The Morgan fingerprint density at radius 3 is 1.44 bits per heavy atom. The molecule has 1 unspecified atom stereocenters. The summed E-state index contributed by atoms with van der Waals surface area (Å²) < 4.78 is 34.0. The molecule has 2 aromatic carbocycles. The summed E-state index contributed by atoms with van der Waals surface area (Å²) in [7, 11) is 0. The number of quaternary nitrogens is 1. The summed E-state index contributed by atoms with van der Waals surface area (Å²) in [5.41, 5.74) is 9.16. The third-order valence-electron chi connectivity index (χ3n) is 8.08. The molecule has 45 heavy (non-hydrogen) atoms. The van der Waals surface area contributed by atoms with E-state index in [9.17, 15) is 0 Å². The third kappa shape index (κ3) is 16.2. The molecule has 0 radical (unpaired) electrons. The zero-order chi connectivity index (χ0) is 31.8. The molecule has 0 aliphatic carbocycles. The molecule has 1 atom stereocenters. The number of aryl methyl sites for hydroxylation is 2. The van der Waals surface area contributed by atoms with Crippen LogP contribution < -0.4 is 15.2 Å². The van der Waals surface area contributed by atoms with Crippen molar-refractivity contribution in [3.8, 4) is 11.5 Å². The fraction of sp³-hybridized carbons (Fsp3) is 0.657. The van der Waals surface area contributed by atoms with E-state index in [0.29, 0.717) is 72.1 Å². The van der Waals surface area contributed by atoms with Crippen molar-refractivity contribution in [3.05, 3.63) is 59.7 Å². The molecule has 0 aromatic heterocycles. The van der Waals surface area contributed by atoms with Gasteiger partial charge in [-0.05, 0) is 61.1 Å². The molecule has 3 rings (SSSR count). The predicted octanol–water partition coefficient (Wildman–Crippen LogP) is 3.00. The summed E-state index contributed by atoms with van der Waals surface area (Å²) in [5, 5.41) is 17.4. The zero-order valence-corrected chi connectivity index (χ0v) is 27.1. The lowest BCUT2D eigenvalue weighted by molar-refractivity contribution is -0.933. The van der Waals surface area contributed by atoms with Gasteiger partial charge in [0.2, 0.25) is 0 Å². The number of rotatable bonds is 26. The van der Waals surface area contributed by atoms with Gasteiger partial charge in [0, 0.05) is 12.8 Å². The van der Waals surface area contributed by atoms with Crippen molar-refractivity contribution >= 4 is 0 Å². The standard InChI is InChI=1S/C35H57N2O8/c36-33-6-3-17-37(30-33,15-1-4-31-7-11-34(12-8-31)44-28-26-42-24-22-40-20-18-38)16-2-5-32-9-13-35(14-10-32)45-29-27-43-25-23-41-21-19-39/h7-14,33,38-39H,1-6,15-30,36H2/q+1. The van der Waals surface area contributed by atoms with E-state index in [1.54, 1.807) is 0 Å². The van der Waals surface area contributed by atoms with Crippen molar-refractivity contribution in [2.24, 2.45) is 5.73 Å². The van der Waals surface area contributed by atoms with Crippen LogP contribution in [0.3, 0.4) is 0 Å². The lowest BCUT2D eigenvalue weighted by atomic mass is 10.00. The molecule has 1 heterocycles. The first-order chi connectivity index (χ1) is 22.1. The van der Waals surface area contributed by atoms with Crippen LogP contribution >= 0.6 is 0 Å². The predicted molar refractivity (Wildman–Crippen MR) is 175 cm³/mol. The molecule has 4 N–H and O–H groups in total. The molecule has 10 heteroatoms. The second-order valence-electron chi connectivity index (χ2n) is 11.7. The number of benzene rings is 2. The summed E-state index contributed by atoms with van der Waals surface area (Å²) >= 11 is 0. The molecule has 1 fully saturated rings. The van der Waals surface area contributed by atoms with Gasteiger partial charge in [0.25, 0.3) is 0 Å². The molecule has 254 valence electrons. The van der Waals surface area contributed by atoms with Crippen molar-refractivity contribution in [2.75, 3.05) is 105 Å². The van der Waals surface area contributed by atoms with Crippen LogP contribution in [0.2, 0.25) is 0 Å². The Balaban J connectivity index is 1.33. The van der Waals surface area contributed by atoms with E-state index in [0.717, 1.165) is 67.7 Å². The van der Waals surface area contributed by atoms with Gasteiger partial charge in [-0.1, -0.05) is 24.3 Å². The van der Waals surface area contributed by atoms with Crippen LogP contribution in [0.5, 0.6) is 11.5 Å². The fourth-order valence-corrected chi connectivity index (χ4v) is 5.84. The number of piperidine rings is 1. The first kappa shape index (κ1) is 37.2. The fourth-order valence-electron chi connectivity index (χ4n) is 5.84. The first-order valence-corrected chi connectivity index (χ1v) is 16.7. The Bertz CT molecular complexity index is 923. The molecule has 1 saturated heterocycles. The number of hydrogen-bond acceptors (Lipinski definition) is 9. The number of hydrogen-bond donors (Lipinski definition) is 3. The highest BCUT2D eigenvalue weighted by Gasteiger charge is 2.32. The van der Waals surface area contributed by atoms with E-state index < -0.39 is 0 Å². The molecule has 10 nitrogen and oxygen atoms in total. The average Bonchev–Trinajstić information content (AvgIpc) is 3.05. The molecule has 2 aromatic rings. The lowest BCUT2D eigenvalue weighted by Gasteiger charge is -2.44. The highest BCUT2D eigenvalue weighted by Crippen LogP contribution is 2.23. The molecule has 0 saturated carbocycles. The van der Waals surface area contributed by atoms with Crippen LogP contribution in [0, 0.1) is 0 Å². The second kappa shape index (κ2) is 23.1. The van der Waals surface area contributed by atoms with Crippen LogP contribution in [0.1, 0.15) is 36.8 Å². The van der Waals surface area contributed by atoms with Crippen LogP contribution in [-0.2, 0) is 31.8 Å². The van der Waals surface area contributed by atoms with E-state index in [2.05, 4.69) is 24.3 Å². The van der Waals surface area contributed by atoms with Gasteiger partial charge in [-0.3, -0.25) is 0 Å². The minimum Gasteiger partial charge on any atom is -0.491 e. The van der Waals surface area contributed by atoms with Crippen molar-refractivity contribution in [3.63, 3.8) is 0 Å². The summed E-state index contributed by atoms with van der Waals surface area (Å²) in [4.78, 5) is 0. The van der Waals surface area contributed by atoms with Crippen molar-refractivity contribution in [2.45, 2.75) is 44.6 Å². The van der Waals surface area contributed by atoms with E-state index in [4.69, 9.17) is 44.4 Å². The second-order valence-corrected chi connectivity index (χ2v) is 11.7. The SMILES string of the molecule is NC1CCC[N+](CCCc2ccc(OCCOCCOCCO)cc2)(CCCc2ccc(OCCOCCOCCO)cc2)C1. The monoisotopic (exact) mass is 633 g/mol. The summed E-state index contributed by atoms with van der Waals surface area (Å²) in [6.45, 7) is 9.33. The summed E-state index contributed by atoms with van der Waals surface area (Å²) in [5.74, 6) is 1.71. The van der Waals surface area contributed by atoms with Crippen LogP contribution in [0.4, 0.5) is 0 Å². The van der Waals surface area contributed by atoms with Crippen molar-refractivity contribution < 1.29 is 43.1 Å². The molecule has 1 aliphatic heterocycles. The maximum Gasteiger partial charge on any atom is 0.119 e. The maximum absolute atomic E-state index is 8.70. The lowest BCUT2D eigenvalue weighted by Crippen LogP contribution is -2.58. The topological polar surface area (TPSA) is 122 Å². The summed E-state index contributed by atoms with van der Waals surface area (Å²) in [6, 6.07) is 17.1. The Morgan fingerprint density at radius 2 is 1.02 bits per heavy atom. The van der Waals surface area contributed by atoms with Gasteiger partial charge in [0.1, 0.15) is 24.7 Å². The van der Waals surface area contributed by atoms with Crippen molar-refractivity contribution in [1.82, 2.24) is 0 Å². The highest BCUT2D eigenvalue weighted by atomic mass is 16.6. The quantitative estimate of drug-likeness (QED) is 0.106. The third-order valence-corrected chi connectivity index (χ3v) is 8.08. The van der Waals surface area contributed by atoms with Gasteiger partial charge in [0.15, 0.2) is 0 Å². The van der Waals surface area contributed by atoms with E-state index in [1.807, 2.05) is 24.3 Å². The Kier molecular flexibility index (Phi) is 19.1. The van der Waals surface area contributed by atoms with E-state index >= 15 is 0 Å².